The molecule has 6 aliphatic rings. The van der Waals surface area contributed by atoms with Crippen LogP contribution in [0.2, 0.25) is 0 Å². The molecule has 6 aliphatic carbocycles. The van der Waals surface area contributed by atoms with Gasteiger partial charge in [-0.15, -0.1) is 0 Å². The Hall–Kier alpha value is -7.28. The van der Waals surface area contributed by atoms with Gasteiger partial charge in [-0.3, -0.25) is 0 Å². The summed E-state index contributed by atoms with van der Waals surface area (Å²) in [5.41, 5.74) is 33.8. The normalized spacial score (nSPS) is 18.3. The molecule has 16 rings (SSSR count). The van der Waals surface area contributed by atoms with Gasteiger partial charge in [0, 0.05) is 27.1 Å². The Morgan fingerprint density at radius 1 is 0.243 bits per heavy atom. The molecule has 0 bridgehead atoms. The van der Waals surface area contributed by atoms with Crippen LogP contribution in [-0.4, -0.2) is 0 Å². The van der Waals surface area contributed by atoms with E-state index in [4.69, 9.17) is 0 Å². The van der Waals surface area contributed by atoms with Gasteiger partial charge in [-0.05, 0) is 204 Å². The largest absolute Gasteiger partial charge is 0.0619 e. The van der Waals surface area contributed by atoms with Gasteiger partial charge in [0.2, 0.25) is 0 Å². The number of fused-ring (bicyclic) bond motifs is 21. The molecule has 1 fully saturated rings. The Kier molecular flexibility index (Phi) is 8.22. The summed E-state index contributed by atoms with van der Waals surface area (Å²) in [5.74, 6) is 0. The van der Waals surface area contributed by atoms with Crippen molar-refractivity contribution in [2.24, 2.45) is 0 Å². The summed E-state index contributed by atoms with van der Waals surface area (Å²) in [7, 11) is 0. The Labute approximate surface area is 437 Å². The van der Waals surface area contributed by atoms with E-state index < -0.39 is 0 Å². The van der Waals surface area contributed by atoms with Gasteiger partial charge >= 0.3 is 0 Å². The highest BCUT2D eigenvalue weighted by atomic mass is 14.5. The van der Waals surface area contributed by atoms with E-state index in [1.54, 1.807) is 11.1 Å². The average molecular weight is 951 g/mol. The zero-order valence-electron chi connectivity index (χ0n) is 44.2. The van der Waals surface area contributed by atoms with Crippen molar-refractivity contribution in [3.8, 4) is 77.9 Å². The molecule has 0 heteroatoms. The maximum absolute atomic E-state index is 2.74. The topological polar surface area (TPSA) is 0 Å². The molecule has 10 aromatic rings. The van der Waals surface area contributed by atoms with Crippen molar-refractivity contribution < 1.29 is 0 Å². The minimum Gasteiger partial charge on any atom is -0.0619 e. The van der Waals surface area contributed by atoms with Crippen molar-refractivity contribution >= 4 is 21.5 Å². The van der Waals surface area contributed by atoms with Crippen LogP contribution >= 0.6 is 0 Å². The smallest absolute Gasteiger partial charge is 0.0215 e. The average Bonchev–Trinajstić information content (AvgIpc) is 4.15. The summed E-state index contributed by atoms with van der Waals surface area (Å²) in [6, 6.07) is 67.1. The van der Waals surface area contributed by atoms with Crippen LogP contribution < -0.4 is 0 Å². The van der Waals surface area contributed by atoms with Crippen molar-refractivity contribution in [2.75, 3.05) is 0 Å². The van der Waals surface area contributed by atoms with Crippen LogP contribution in [0.15, 0.2) is 170 Å². The van der Waals surface area contributed by atoms with Crippen LogP contribution in [0.4, 0.5) is 0 Å². The monoisotopic (exact) mass is 950 g/mol. The molecule has 0 atom stereocenters. The summed E-state index contributed by atoms with van der Waals surface area (Å²) in [6.07, 6.45) is 6.24. The van der Waals surface area contributed by atoms with Crippen molar-refractivity contribution in [1.82, 2.24) is 0 Å². The molecule has 0 heterocycles. The first kappa shape index (κ1) is 43.2. The fourth-order valence-corrected chi connectivity index (χ4v) is 16.9. The zero-order chi connectivity index (χ0) is 50.0. The van der Waals surface area contributed by atoms with Gasteiger partial charge in [0.25, 0.3) is 0 Å². The predicted molar refractivity (Wildman–Crippen MR) is 312 cm³/mol. The minimum absolute atomic E-state index is 0.0192. The Balaban J connectivity index is 0.890. The maximum atomic E-state index is 2.74. The number of benzene rings is 10. The highest BCUT2D eigenvalue weighted by molar-refractivity contribution is 6.13. The van der Waals surface area contributed by atoms with Crippen LogP contribution in [-0.2, 0) is 27.1 Å². The number of hydrogen-bond donors (Lipinski definition) is 0. The Morgan fingerprint density at radius 2 is 0.581 bits per heavy atom. The summed E-state index contributed by atoms with van der Waals surface area (Å²) >= 11 is 0. The first-order valence-electron chi connectivity index (χ1n) is 27.7. The molecule has 1 spiro atoms. The molecule has 74 heavy (non-hydrogen) atoms. The van der Waals surface area contributed by atoms with E-state index in [-0.39, 0.29) is 27.1 Å². The predicted octanol–water partition coefficient (Wildman–Crippen LogP) is 19.8. The summed E-state index contributed by atoms with van der Waals surface area (Å²) in [5, 5.41) is 5.46. The van der Waals surface area contributed by atoms with E-state index in [1.807, 2.05) is 0 Å². The van der Waals surface area contributed by atoms with Crippen LogP contribution in [0, 0.1) is 0 Å². The van der Waals surface area contributed by atoms with Crippen molar-refractivity contribution in [1.29, 1.82) is 0 Å². The fraction of sp³-hybridized carbons (Fsp3) is 0.243. The van der Waals surface area contributed by atoms with Crippen molar-refractivity contribution in [3.05, 3.63) is 225 Å². The molecule has 358 valence electrons. The first-order valence-corrected chi connectivity index (χ1v) is 27.7. The van der Waals surface area contributed by atoms with Gasteiger partial charge < -0.3 is 0 Å². The quantitative estimate of drug-likeness (QED) is 0.162. The van der Waals surface area contributed by atoms with E-state index in [0.29, 0.717) is 0 Å². The van der Waals surface area contributed by atoms with Gasteiger partial charge in [0.15, 0.2) is 0 Å². The van der Waals surface area contributed by atoms with Crippen molar-refractivity contribution in [2.45, 2.75) is 115 Å². The van der Waals surface area contributed by atoms with Crippen LogP contribution in [0.5, 0.6) is 0 Å². The second-order valence-electron chi connectivity index (χ2n) is 25.4. The third kappa shape index (κ3) is 5.11. The van der Waals surface area contributed by atoms with Gasteiger partial charge in [0.05, 0.1) is 0 Å². The molecule has 0 amide bonds. The van der Waals surface area contributed by atoms with Gasteiger partial charge in [-0.2, -0.15) is 0 Å². The standard InChI is InChI=1S/C74H62/c1-70(2)60-38-54-55-39-61-57(67-47-27-13-11-23-43(47)53(37-65(67)71(61,3)4)51-31-21-29-49-45-25-15-17-33-59(45)73(7,8)69(49)51)41-63(55)74(34-18-9-19-35-74)62(54)40-56(60)66-46-26-12-10-22-42(46)52(36-64(66)70)50-30-20-28-48-44-24-14-16-32-58(44)72(5,6)68(48)50/h10-17,20-33,36-41H,9,18-19,34-35H2,1-8H3. The fourth-order valence-electron chi connectivity index (χ4n) is 16.9. The molecular weight excluding hydrogens is 889 g/mol. The molecule has 0 N–H and O–H groups in total. The lowest BCUT2D eigenvalue weighted by molar-refractivity contribution is 0.353. The number of rotatable bonds is 2. The van der Waals surface area contributed by atoms with Crippen LogP contribution in [0.1, 0.15) is 143 Å². The summed E-state index contributed by atoms with van der Waals surface area (Å²) in [4.78, 5) is 0. The lowest BCUT2D eigenvalue weighted by atomic mass is 9.67. The third-order valence-corrected chi connectivity index (χ3v) is 20.4. The van der Waals surface area contributed by atoms with E-state index in [2.05, 4.69) is 225 Å². The molecule has 0 radical (unpaired) electrons. The molecular formula is C74H62. The SMILES string of the molecule is CC1(C)c2cc3c(cc2-c2c1cc(-c1cccc4c1C(C)(C)c1ccccc1-4)c1ccccc21)C1(CCCCC1)c1cc2c(cc1-3)C(C)(C)c1cc(-c3cccc4c3C(C)(C)c3ccccc3-4)c3ccccc3c1-2. The van der Waals surface area contributed by atoms with Crippen LogP contribution in [0.25, 0.3) is 99.4 Å². The summed E-state index contributed by atoms with van der Waals surface area (Å²) < 4.78 is 0. The van der Waals surface area contributed by atoms with Gasteiger partial charge in [-0.25, -0.2) is 0 Å². The zero-order valence-corrected chi connectivity index (χ0v) is 44.2. The van der Waals surface area contributed by atoms with Gasteiger partial charge in [0.1, 0.15) is 0 Å². The highest BCUT2D eigenvalue weighted by Gasteiger charge is 2.50. The first-order chi connectivity index (χ1) is 35.7. The minimum atomic E-state index is -0.202. The Morgan fingerprint density at radius 3 is 1.01 bits per heavy atom. The van der Waals surface area contributed by atoms with E-state index in [0.717, 1.165) is 0 Å². The third-order valence-electron chi connectivity index (χ3n) is 20.4. The highest BCUT2D eigenvalue weighted by Crippen LogP contribution is 2.65. The molecule has 10 aromatic carbocycles. The molecule has 0 aliphatic heterocycles. The number of hydrogen-bond acceptors (Lipinski definition) is 0. The molecule has 0 aromatic heterocycles. The second kappa shape index (κ2) is 14.1. The van der Waals surface area contributed by atoms with Crippen molar-refractivity contribution in [3.63, 3.8) is 0 Å². The van der Waals surface area contributed by atoms with E-state index in [9.17, 15) is 0 Å². The second-order valence-corrected chi connectivity index (χ2v) is 25.4. The maximum Gasteiger partial charge on any atom is 0.0215 e. The molecule has 1 saturated carbocycles. The summed E-state index contributed by atoms with van der Waals surface area (Å²) in [6.45, 7) is 19.8. The Bertz CT molecular complexity index is 3940. The lowest BCUT2D eigenvalue weighted by Crippen LogP contribution is -2.28. The molecule has 0 unspecified atom stereocenters. The lowest BCUT2D eigenvalue weighted by Gasteiger charge is -2.36. The van der Waals surface area contributed by atoms with E-state index in [1.165, 1.54) is 176 Å². The molecule has 0 nitrogen and oxygen atoms in total. The van der Waals surface area contributed by atoms with Gasteiger partial charge in [-0.1, -0.05) is 208 Å². The van der Waals surface area contributed by atoms with Crippen LogP contribution in [0.3, 0.4) is 0 Å². The molecule has 0 saturated heterocycles. The van der Waals surface area contributed by atoms with E-state index >= 15 is 0 Å².